The number of thiophene rings is 1. The molecule has 2 nitrogen and oxygen atoms in total. The average molecular weight is 439 g/mol. The minimum Gasteiger partial charge on any atom is -0.254 e. The normalized spacial score (nSPS) is 11.6. The van der Waals surface area contributed by atoms with Crippen molar-refractivity contribution in [3.8, 4) is 22.3 Å². The largest absolute Gasteiger partial charge is 0.254 e. The van der Waals surface area contributed by atoms with Crippen molar-refractivity contribution in [1.29, 1.82) is 0 Å². The van der Waals surface area contributed by atoms with Gasteiger partial charge in [-0.1, -0.05) is 66.7 Å². The van der Waals surface area contributed by atoms with Gasteiger partial charge in [0.2, 0.25) is 0 Å². The molecule has 0 spiro atoms. The number of aromatic nitrogens is 2. The molecule has 154 valence electrons. The van der Waals surface area contributed by atoms with Gasteiger partial charge in [-0.15, -0.1) is 11.3 Å². The Labute approximate surface area is 194 Å². The fraction of sp³-hybridized carbons (Fsp3) is 0. The number of rotatable bonds is 2. The molecule has 3 aromatic heterocycles. The summed E-state index contributed by atoms with van der Waals surface area (Å²) in [5.41, 5.74) is 6.64. The highest BCUT2D eigenvalue weighted by molar-refractivity contribution is 7.25. The van der Waals surface area contributed by atoms with Crippen molar-refractivity contribution in [2.45, 2.75) is 0 Å². The molecule has 0 aliphatic rings. The van der Waals surface area contributed by atoms with E-state index in [2.05, 4.69) is 96.0 Å². The minimum absolute atomic E-state index is 0.949. The van der Waals surface area contributed by atoms with Gasteiger partial charge in [0.1, 0.15) is 0 Å². The van der Waals surface area contributed by atoms with E-state index in [1.807, 2.05) is 29.8 Å². The van der Waals surface area contributed by atoms with Crippen molar-refractivity contribution in [2.24, 2.45) is 0 Å². The zero-order chi connectivity index (χ0) is 21.8. The van der Waals surface area contributed by atoms with E-state index in [9.17, 15) is 0 Å². The molecule has 0 amide bonds. The van der Waals surface area contributed by atoms with Crippen LogP contribution in [-0.4, -0.2) is 9.97 Å². The monoisotopic (exact) mass is 438 g/mol. The maximum absolute atomic E-state index is 4.76. The van der Waals surface area contributed by atoms with Crippen molar-refractivity contribution in [2.75, 3.05) is 0 Å². The van der Waals surface area contributed by atoms with Crippen LogP contribution >= 0.6 is 11.3 Å². The molecule has 0 atom stereocenters. The minimum atomic E-state index is 0.949. The standard InChI is InChI=1S/C30H18N2S/c1-2-6-27-25(5-1)26-17-22(13-14-28(26)33-27)19-7-9-20(10-8-19)24-16-23-12-11-21-4-3-15-31-29(21)30(23)32-18-24/h1-18H. The summed E-state index contributed by atoms with van der Waals surface area (Å²) in [5, 5.41) is 4.89. The van der Waals surface area contributed by atoms with Gasteiger partial charge in [0, 0.05) is 48.9 Å². The van der Waals surface area contributed by atoms with E-state index < -0.39 is 0 Å². The van der Waals surface area contributed by atoms with E-state index in [0.717, 1.165) is 32.9 Å². The van der Waals surface area contributed by atoms with Crippen molar-refractivity contribution < 1.29 is 0 Å². The van der Waals surface area contributed by atoms with Gasteiger partial charge in [0.05, 0.1) is 11.0 Å². The van der Waals surface area contributed by atoms with Gasteiger partial charge < -0.3 is 0 Å². The first-order chi connectivity index (χ1) is 16.3. The molecule has 0 aliphatic heterocycles. The second kappa shape index (κ2) is 7.22. The van der Waals surface area contributed by atoms with E-state index in [4.69, 9.17) is 4.98 Å². The summed E-state index contributed by atoms with van der Waals surface area (Å²) in [6, 6.07) is 34.7. The van der Waals surface area contributed by atoms with Crippen molar-refractivity contribution in [3.05, 3.63) is 109 Å². The molecular formula is C30H18N2S. The lowest BCUT2D eigenvalue weighted by molar-refractivity contribution is 1.37. The molecule has 3 heterocycles. The van der Waals surface area contributed by atoms with E-state index in [1.54, 1.807) is 0 Å². The van der Waals surface area contributed by atoms with Crippen LogP contribution in [0.4, 0.5) is 0 Å². The molecule has 0 fully saturated rings. The number of hydrogen-bond acceptors (Lipinski definition) is 3. The summed E-state index contributed by atoms with van der Waals surface area (Å²) in [6.07, 6.45) is 3.78. The number of hydrogen-bond donors (Lipinski definition) is 0. The summed E-state index contributed by atoms with van der Waals surface area (Å²) in [7, 11) is 0. The second-order valence-corrected chi connectivity index (χ2v) is 9.41. The van der Waals surface area contributed by atoms with Gasteiger partial charge in [-0.05, 0) is 47.0 Å². The number of fused-ring (bicyclic) bond motifs is 6. The summed E-state index contributed by atoms with van der Waals surface area (Å²) < 4.78 is 2.67. The third kappa shape index (κ3) is 3.01. The number of benzene rings is 4. The van der Waals surface area contributed by atoms with Crippen LogP contribution in [0.5, 0.6) is 0 Å². The van der Waals surface area contributed by atoms with Gasteiger partial charge >= 0.3 is 0 Å². The Morgan fingerprint density at radius 3 is 2.12 bits per heavy atom. The highest BCUT2D eigenvalue weighted by atomic mass is 32.1. The molecule has 0 saturated carbocycles. The Morgan fingerprint density at radius 2 is 1.21 bits per heavy atom. The quantitative estimate of drug-likeness (QED) is 0.253. The Morgan fingerprint density at radius 1 is 0.485 bits per heavy atom. The molecule has 3 heteroatoms. The predicted molar refractivity (Wildman–Crippen MR) is 141 cm³/mol. The van der Waals surface area contributed by atoms with Crippen LogP contribution in [0, 0.1) is 0 Å². The Bertz CT molecular complexity index is 1810. The Balaban J connectivity index is 1.28. The summed E-state index contributed by atoms with van der Waals surface area (Å²) in [6.45, 7) is 0. The van der Waals surface area contributed by atoms with E-state index >= 15 is 0 Å². The van der Waals surface area contributed by atoms with Gasteiger partial charge in [-0.2, -0.15) is 0 Å². The Hall–Kier alpha value is -4.08. The van der Waals surface area contributed by atoms with Gasteiger partial charge in [0.15, 0.2) is 0 Å². The molecule has 7 aromatic rings. The van der Waals surface area contributed by atoms with E-state index in [1.165, 1.54) is 31.3 Å². The predicted octanol–water partition coefficient (Wildman–Crippen LogP) is 8.48. The lowest BCUT2D eigenvalue weighted by Crippen LogP contribution is -1.87. The molecule has 0 saturated heterocycles. The molecule has 0 radical (unpaired) electrons. The molecule has 0 N–H and O–H groups in total. The van der Waals surface area contributed by atoms with Gasteiger partial charge in [-0.25, -0.2) is 0 Å². The number of pyridine rings is 2. The van der Waals surface area contributed by atoms with Crippen molar-refractivity contribution in [3.63, 3.8) is 0 Å². The zero-order valence-electron chi connectivity index (χ0n) is 17.7. The fourth-order valence-corrected chi connectivity index (χ4v) is 5.74. The van der Waals surface area contributed by atoms with E-state index in [-0.39, 0.29) is 0 Å². The van der Waals surface area contributed by atoms with Crippen molar-refractivity contribution in [1.82, 2.24) is 9.97 Å². The summed E-state index contributed by atoms with van der Waals surface area (Å²) in [5.74, 6) is 0. The van der Waals surface area contributed by atoms with Gasteiger partial charge in [0.25, 0.3) is 0 Å². The maximum Gasteiger partial charge on any atom is 0.0964 e. The highest BCUT2D eigenvalue weighted by Crippen LogP contribution is 2.36. The molecule has 0 bridgehead atoms. The SMILES string of the molecule is c1cnc2c(c1)ccc1cc(-c3ccc(-c4ccc5sc6ccccc6c5c4)cc3)cnc12. The van der Waals surface area contributed by atoms with E-state index in [0.29, 0.717) is 0 Å². The maximum atomic E-state index is 4.76. The summed E-state index contributed by atoms with van der Waals surface area (Å²) >= 11 is 1.86. The third-order valence-electron chi connectivity index (χ3n) is 6.35. The molecule has 0 aliphatic carbocycles. The summed E-state index contributed by atoms with van der Waals surface area (Å²) in [4.78, 5) is 9.29. The first-order valence-corrected chi connectivity index (χ1v) is 11.8. The van der Waals surface area contributed by atoms with Crippen LogP contribution < -0.4 is 0 Å². The van der Waals surface area contributed by atoms with Crippen LogP contribution in [0.25, 0.3) is 64.2 Å². The van der Waals surface area contributed by atoms with Crippen LogP contribution in [0.15, 0.2) is 109 Å². The average Bonchev–Trinajstić information content (AvgIpc) is 3.26. The van der Waals surface area contributed by atoms with Gasteiger partial charge in [-0.3, -0.25) is 9.97 Å². The highest BCUT2D eigenvalue weighted by Gasteiger charge is 2.08. The first kappa shape index (κ1) is 18.5. The smallest absolute Gasteiger partial charge is 0.0964 e. The molecular weight excluding hydrogens is 420 g/mol. The molecule has 7 rings (SSSR count). The first-order valence-electron chi connectivity index (χ1n) is 11.0. The molecule has 0 unspecified atom stereocenters. The number of nitrogens with zero attached hydrogens (tertiary/aromatic N) is 2. The molecule has 33 heavy (non-hydrogen) atoms. The lowest BCUT2D eigenvalue weighted by Gasteiger charge is -2.08. The van der Waals surface area contributed by atoms with Crippen LogP contribution in [0.2, 0.25) is 0 Å². The third-order valence-corrected chi connectivity index (χ3v) is 7.50. The molecule has 4 aromatic carbocycles. The topological polar surface area (TPSA) is 25.8 Å². The van der Waals surface area contributed by atoms with Crippen LogP contribution in [0.3, 0.4) is 0 Å². The lowest BCUT2D eigenvalue weighted by atomic mass is 9.99. The zero-order valence-corrected chi connectivity index (χ0v) is 18.5. The second-order valence-electron chi connectivity index (χ2n) is 8.32. The fourth-order valence-electron chi connectivity index (χ4n) is 4.65. The van der Waals surface area contributed by atoms with Crippen LogP contribution in [0.1, 0.15) is 0 Å². The Kier molecular flexibility index (Phi) is 4.05. The van der Waals surface area contributed by atoms with Crippen molar-refractivity contribution >= 4 is 53.3 Å². The van der Waals surface area contributed by atoms with Crippen LogP contribution in [-0.2, 0) is 0 Å².